The van der Waals surface area contributed by atoms with Gasteiger partial charge in [-0.3, -0.25) is 9.59 Å². The van der Waals surface area contributed by atoms with Gasteiger partial charge in [0.1, 0.15) is 6.04 Å². The van der Waals surface area contributed by atoms with Crippen LogP contribution < -0.4 is 56.7 Å². The van der Waals surface area contributed by atoms with Gasteiger partial charge in [-0.1, -0.05) is 30.3 Å². The molecule has 1 heterocycles. The van der Waals surface area contributed by atoms with Crippen molar-refractivity contribution in [1.82, 2.24) is 9.62 Å². The normalized spacial score (nSPS) is 21.2. The Morgan fingerprint density at radius 1 is 1.33 bits per heavy atom. The van der Waals surface area contributed by atoms with Gasteiger partial charge < -0.3 is 9.87 Å². The van der Waals surface area contributed by atoms with Crippen LogP contribution in [0.4, 0.5) is 0 Å². The van der Waals surface area contributed by atoms with Gasteiger partial charge >= 0.3 is 51.4 Å². The van der Waals surface area contributed by atoms with Crippen molar-refractivity contribution in [3.63, 3.8) is 0 Å². The van der Waals surface area contributed by atoms with Crippen LogP contribution in [-0.4, -0.2) is 41.2 Å². The molecule has 2 rings (SSSR count). The van der Waals surface area contributed by atoms with E-state index in [1.54, 1.807) is 24.3 Å². The summed E-state index contributed by atoms with van der Waals surface area (Å²) in [5.41, 5.74) is 0.776. The molecule has 0 unspecified atom stereocenters. The zero-order valence-electron chi connectivity index (χ0n) is 11.6. The van der Waals surface area contributed by atoms with Gasteiger partial charge in [0, 0.05) is 0 Å². The molecule has 2 atom stereocenters. The van der Waals surface area contributed by atoms with Crippen LogP contribution in [0.2, 0.25) is 0 Å². The number of nitrogens with zero attached hydrogens (tertiary/aromatic N) is 1. The van der Waals surface area contributed by atoms with E-state index in [9.17, 15) is 22.6 Å². The Morgan fingerprint density at radius 2 is 1.90 bits per heavy atom. The standard InChI is InChI=1S/C12H14N2O5S.K/c1-8-11(12(16)14(8)20(17,18)19)13-10(15)7-9-5-3-2-4-6-9;/h2-6,8,11H,7H2,1H3,(H,13,15)(H,17,18,19);/q;+1/p-1/t8-,11+;/m1./s1. The Labute approximate surface area is 165 Å². The average molecular weight is 336 g/mol. The smallest absolute Gasteiger partial charge is 0.731 e. The first-order chi connectivity index (χ1) is 9.30. The van der Waals surface area contributed by atoms with E-state index in [1.165, 1.54) is 6.92 Å². The fourth-order valence-corrected chi connectivity index (χ4v) is 2.96. The van der Waals surface area contributed by atoms with Crippen LogP contribution in [0, 0.1) is 0 Å². The molecule has 0 aromatic heterocycles. The summed E-state index contributed by atoms with van der Waals surface area (Å²) in [7, 11) is -4.81. The van der Waals surface area contributed by atoms with Crippen molar-refractivity contribution in [3.05, 3.63) is 35.9 Å². The third kappa shape index (κ3) is 4.35. The van der Waals surface area contributed by atoms with Crippen molar-refractivity contribution in [1.29, 1.82) is 0 Å². The predicted molar refractivity (Wildman–Crippen MR) is 68.1 cm³/mol. The van der Waals surface area contributed by atoms with Gasteiger partial charge in [0.15, 0.2) is 10.3 Å². The Hall–Kier alpha value is -0.294. The molecule has 0 bridgehead atoms. The van der Waals surface area contributed by atoms with Gasteiger partial charge in [-0.25, -0.2) is 12.7 Å². The van der Waals surface area contributed by atoms with Crippen LogP contribution in [0.3, 0.4) is 0 Å². The van der Waals surface area contributed by atoms with Crippen molar-refractivity contribution in [2.45, 2.75) is 25.4 Å². The largest absolute Gasteiger partial charge is 1.00 e. The second-order valence-corrected chi connectivity index (χ2v) is 5.79. The number of carbonyl (C=O) groups is 2. The van der Waals surface area contributed by atoms with Gasteiger partial charge in [-0.05, 0) is 12.5 Å². The molecule has 1 aliphatic heterocycles. The molecular weight excluding hydrogens is 323 g/mol. The van der Waals surface area contributed by atoms with E-state index in [0.717, 1.165) is 5.56 Å². The molecule has 0 radical (unpaired) electrons. The SMILES string of the molecule is C[C@@H]1[C@H](NC(=O)Cc2ccccc2)C(=O)N1S(=O)(=O)[O-].[K+]. The third-order valence-electron chi connectivity index (χ3n) is 3.10. The Morgan fingerprint density at radius 3 is 2.38 bits per heavy atom. The van der Waals surface area contributed by atoms with Gasteiger partial charge in [0.05, 0.1) is 12.5 Å². The number of rotatable bonds is 4. The van der Waals surface area contributed by atoms with Gasteiger partial charge in [0.25, 0.3) is 5.91 Å². The molecule has 108 valence electrons. The number of amides is 2. The number of β-lactam (4-membered cyclic amide) rings is 1. The van der Waals surface area contributed by atoms with E-state index in [1.807, 2.05) is 6.07 Å². The third-order valence-corrected chi connectivity index (χ3v) is 4.09. The van der Waals surface area contributed by atoms with E-state index in [-0.39, 0.29) is 62.1 Å². The minimum atomic E-state index is -4.81. The van der Waals surface area contributed by atoms with Crippen LogP contribution >= 0.6 is 0 Å². The quantitative estimate of drug-likeness (QED) is 0.347. The van der Waals surface area contributed by atoms with Gasteiger partial charge in [0.2, 0.25) is 5.91 Å². The first-order valence-electron chi connectivity index (χ1n) is 5.93. The summed E-state index contributed by atoms with van der Waals surface area (Å²) in [5.74, 6) is -1.29. The van der Waals surface area contributed by atoms with Crippen LogP contribution in [0.5, 0.6) is 0 Å². The number of hydrogen-bond donors (Lipinski definition) is 1. The Kier molecular flexibility index (Phi) is 6.53. The maximum atomic E-state index is 11.8. The zero-order chi connectivity index (χ0) is 14.9. The summed E-state index contributed by atoms with van der Waals surface area (Å²) < 4.78 is 32.6. The molecule has 1 saturated heterocycles. The minimum Gasteiger partial charge on any atom is -0.731 e. The second-order valence-electron chi connectivity index (χ2n) is 4.54. The predicted octanol–water partition coefficient (Wildman–Crippen LogP) is -3.59. The van der Waals surface area contributed by atoms with E-state index in [0.29, 0.717) is 0 Å². The molecule has 1 aliphatic rings. The van der Waals surface area contributed by atoms with Crippen LogP contribution in [0.25, 0.3) is 0 Å². The monoisotopic (exact) mass is 336 g/mol. The number of benzene rings is 1. The summed E-state index contributed by atoms with van der Waals surface area (Å²) in [6.07, 6.45) is 0.0848. The molecule has 1 aromatic carbocycles. The van der Waals surface area contributed by atoms with E-state index < -0.39 is 34.2 Å². The molecule has 0 saturated carbocycles. The molecule has 0 aliphatic carbocycles. The molecule has 2 amide bonds. The number of carbonyl (C=O) groups excluding carboxylic acids is 2. The van der Waals surface area contributed by atoms with E-state index in [4.69, 9.17) is 0 Å². The molecule has 0 spiro atoms. The molecule has 21 heavy (non-hydrogen) atoms. The molecule has 1 N–H and O–H groups in total. The van der Waals surface area contributed by atoms with Crippen LogP contribution in [0.1, 0.15) is 12.5 Å². The summed E-state index contributed by atoms with van der Waals surface area (Å²) in [5, 5.41) is 2.43. The first kappa shape index (κ1) is 18.8. The fraction of sp³-hybridized carbons (Fsp3) is 0.333. The molecular formula is C12H13KN2O5S. The number of nitrogens with one attached hydrogen (secondary N) is 1. The Balaban J connectivity index is 0.00000220. The summed E-state index contributed by atoms with van der Waals surface area (Å²) in [6, 6.07) is 7.09. The van der Waals surface area contributed by atoms with E-state index in [2.05, 4.69) is 5.32 Å². The first-order valence-corrected chi connectivity index (χ1v) is 7.29. The van der Waals surface area contributed by atoms with Crippen molar-refractivity contribution < 1.29 is 73.9 Å². The van der Waals surface area contributed by atoms with Crippen molar-refractivity contribution in [3.8, 4) is 0 Å². The van der Waals surface area contributed by atoms with Gasteiger partial charge in [-0.15, -0.1) is 0 Å². The minimum absolute atomic E-state index is 0. The zero-order valence-corrected chi connectivity index (χ0v) is 15.6. The van der Waals surface area contributed by atoms with Crippen molar-refractivity contribution >= 4 is 22.1 Å². The average Bonchev–Trinajstić information content (AvgIpc) is 2.36. The van der Waals surface area contributed by atoms with Crippen LogP contribution in [-0.2, 0) is 26.3 Å². The number of hydrogen-bond acceptors (Lipinski definition) is 5. The Bertz CT molecular complexity index is 634. The molecule has 1 aromatic rings. The van der Waals surface area contributed by atoms with Crippen LogP contribution in [0.15, 0.2) is 30.3 Å². The molecule has 7 nitrogen and oxygen atoms in total. The van der Waals surface area contributed by atoms with Crippen molar-refractivity contribution in [2.24, 2.45) is 0 Å². The topological polar surface area (TPSA) is 107 Å². The fourth-order valence-electron chi connectivity index (χ4n) is 2.10. The summed E-state index contributed by atoms with van der Waals surface area (Å²) >= 11 is 0. The second kappa shape index (κ2) is 7.31. The van der Waals surface area contributed by atoms with E-state index >= 15 is 0 Å². The maximum absolute atomic E-state index is 11.8. The van der Waals surface area contributed by atoms with Gasteiger partial charge in [-0.2, -0.15) is 0 Å². The summed E-state index contributed by atoms with van der Waals surface area (Å²) in [6.45, 7) is 1.39. The van der Waals surface area contributed by atoms with Crippen molar-refractivity contribution in [2.75, 3.05) is 0 Å². The maximum Gasteiger partial charge on any atom is 1.00 e. The molecule has 1 fully saturated rings. The molecule has 9 heteroatoms. The summed E-state index contributed by atoms with van der Waals surface area (Å²) in [4.78, 5) is 23.3.